The second-order valence-corrected chi connectivity index (χ2v) is 9.71. The molecule has 1 aromatic carbocycles. The number of rotatable bonds is 10. The Morgan fingerprint density at radius 2 is 1.89 bits per heavy atom. The smallest absolute Gasteiger partial charge is 0.270 e. The number of primary amides is 1. The number of amides is 3. The van der Waals surface area contributed by atoms with E-state index in [4.69, 9.17) is 20.9 Å². The van der Waals surface area contributed by atoms with Crippen LogP contribution in [0.1, 0.15) is 63.0 Å². The summed E-state index contributed by atoms with van der Waals surface area (Å²) in [7, 11) is 3.01. The number of nitrogens with zero attached hydrogens (tertiary/aromatic N) is 3. The van der Waals surface area contributed by atoms with Crippen LogP contribution in [0.5, 0.6) is 11.5 Å². The summed E-state index contributed by atoms with van der Waals surface area (Å²) in [5.41, 5.74) is 12.4. The Morgan fingerprint density at radius 1 is 1.16 bits per heavy atom. The number of hydrogen-bond acceptors (Lipinski definition) is 9. The number of anilines is 1. The molecular weight excluding hydrogens is 508 g/mol. The molecule has 0 spiro atoms. The molecule has 3 amide bonds. The molecule has 1 saturated carbocycles. The average Bonchev–Trinajstić information content (AvgIpc) is 3.57. The van der Waals surface area contributed by atoms with Crippen LogP contribution >= 0.6 is 11.5 Å². The van der Waals surface area contributed by atoms with Gasteiger partial charge in [-0.3, -0.25) is 19.4 Å². The predicted molar refractivity (Wildman–Crippen MR) is 142 cm³/mol. The van der Waals surface area contributed by atoms with E-state index in [0.717, 1.165) is 37.2 Å². The van der Waals surface area contributed by atoms with Gasteiger partial charge in [0.25, 0.3) is 11.8 Å². The summed E-state index contributed by atoms with van der Waals surface area (Å²) >= 11 is 0.763. The molecule has 1 aliphatic rings. The molecule has 1 fully saturated rings. The molecule has 12 heteroatoms. The SMILES string of the molecule is COc1ccc([C@@H](C(=O)NC2CCCC2)N(Cc2cccnc2)C(=O)c2snc(C(N)=O)c2N)cc1OC. The van der Waals surface area contributed by atoms with Crippen molar-refractivity contribution >= 4 is 34.9 Å². The monoisotopic (exact) mass is 538 g/mol. The van der Waals surface area contributed by atoms with Gasteiger partial charge in [0.15, 0.2) is 17.2 Å². The summed E-state index contributed by atoms with van der Waals surface area (Å²) in [5, 5.41) is 3.12. The van der Waals surface area contributed by atoms with Gasteiger partial charge in [0.2, 0.25) is 5.91 Å². The normalized spacial score (nSPS) is 14.1. The number of pyridine rings is 1. The Kier molecular flexibility index (Phi) is 8.41. The van der Waals surface area contributed by atoms with Crippen LogP contribution in [0.2, 0.25) is 0 Å². The third-order valence-corrected chi connectivity index (χ3v) is 7.33. The van der Waals surface area contributed by atoms with Crippen molar-refractivity contribution in [3.05, 3.63) is 64.4 Å². The molecular formula is C26H30N6O5S. The topological polar surface area (TPSA) is 163 Å². The van der Waals surface area contributed by atoms with Crippen molar-refractivity contribution in [2.45, 2.75) is 44.3 Å². The Balaban J connectivity index is 1.83. The largest absolute Gasteiger partial charge is 0.493 e. The van der Waals surface area contributed by atoms with Gasteiger partial charge in [-0.15, -0.1) is 0 Å². The molecule has 0 unspecified atom stereocenters. The lowest BCUT2D eigenvalue weighted by atomic mass is 10.0. The van der Waals surface area contributed by atoms with Gasteiger partial charge in [-0.25, -0.2) is 0 Å². The van der Waals surface area contributed by atoms with Crippen molar-refractivity contribution in [2.24, 2.45) is 5.73 Å². The minimum atomic E-state index is -1.07. The first-order valence-corrected chi connectivity index (χ1v) is 12.9. The van der Waals surface area contributed by atoms with Gasteiger partial charge in [-0.05, 0) is 53.7 Å². The van der Waals surface area contributed by atoms with E-state index in [1.165, 1.54) is 19.1 Å². The van der Waals surface area contributed by atoms with Crippen LogP contribution in [0.4, 0.5) is 5.69 Å². The highest BCUT2D eigenvalue weighted by molar-refractivity contribution is 7.09. The molecule has 2 heterocycles. The molecule has 0 bridgehead atoms. The molecule has 0 radical (unpaired) electrons. The van der Waals surface area contributed by atoms with E-state index in [1.54, 1.807) is 42.7 Å². The lowest BCUT2D eigenvalue weighted by Gasteiger charge is -2.32. The number of nitrogen functional groups attached to an aromatic ring is 1. The summed E-state index contributed by atoms with van der Waals surface area (Å²) in [5.74, 6) is -0.871. The molecule has 2 aromatic heterocycles. The number of aromatic nitrogens is 2. The maximum Gasteiger partial charge on any atom is 0.270 e. The van der Waals surface area contributed by atoms with E-state index in [9.17, 15) is 14.4 Å². The third-order valence-electron chi connectivity index (χ3n) is 6.48. The predicted octanol–water partition coefficient (Wildman–Crippen LogP) is 2.68. The molecule has 4 rings (SSSR count). The molecule has 38 heavy (non-hydrogen) atoms. The van der Waals surface area contributed by atoms with Crippen LogP contribution in [0, 0.1) is 0 Å². The lowest BCUT2D eigenvalue weighted by Crippen LogP contribution is -2.45. The van der Waals surface area contributed by atoms with Crippen molar-refractivity contribution in [1.29, 1.82) is 0 Å². The standard InChI is InChI=1S/C26H30N6O5S/c1-36-18-10-9-16(12-19(18)37-2)22(25(34)30-17-7-3-4-8-17)32(14-15-6-5-11-29-13-15)26(35)23-20(27)21(24(28)33)31-38-23/h5-6,9-13,17,22H,3-4,7-8,14,27H2,1-2H3,(H2,28,33)(H,30,34)/t22-/m0/s1. The van der Waals surface area contributed by atoms with Gasteiger partial charge >= 0.3 is 0 Å². The van der Waals surface area contributed by atoms with E-state index < -0.39 is 17.9 Å². The van der Waals surface area contributed by atoms with Crippen molar-refractivity contribution in [1.82, 2.24) is 19.6 Å². The Bertz CT molecular complexity index is 1310. The highest BCUT2D eigenvalue weighted by atomic mass is 32.1. The summed E-state index contributed by atoms with van der Waals surface area (Å²) in [6.45, 7) is 0.0347. The van der Waals surface area contributed by atoms with Gasteiger partial charge in [-0.1, -0.05) is 25.0 Å². The number of hydrogen-bond donors (Lipinski definition) is 3. The first kappa shape index (κ1) is 26.9. The molecule has 200 valence electrons. The van der Waals surface area contributed by atoms with Crippen LogP contribution in [0.3, 0.4) is 0 Å². The average molecular weight is 539 g/mol. The number of benzene rings is 1. The van der Waals surface area contributed by atoms with Crippen LogP contribution < -0.4 is 26.3 Å². The Hall–Kier alpha value is -4.19. The van der Waals surface area contributed by atoms with Gasteiger partial charge in [0.05, 0.1) is 19.9 Å². The fourth-order valence-corrected chi connectivity index (χ4v) is 5.34. The maximum atomic E-state index is 14.0. The zero-order valence-electron chi connectivity index (χ0n) is 21.2. The van der Waals surface area contributed by atoms with Crippen LogP contribution in [0.15, 0.2) is 42.7 Å². The third kappa shape index (κ3) is 5.70. The quantitative estimate of drug-likeness (QED) is 0.355. The first-order valence-electron chi connectivity index (χ1n) is 12.1. The Morgan fingerprint density at radius 3 is 2.50 bits per heavy atom. The molecule has 5 N–H and O–H groups in total. The summed E-state index contributed by atoms with van der Waals surface area (Å²) in [4.78, 5) is 45.3. The van der Waals surface area contributed by atoms with Gasteiger partial charge in [-0.2, -0.15) is 4.37 Å². The number of carbonyl (C=O) groups is 3. The van der Waals surface area contributed by atoms with Crippen LogP contribution in [0.25, 0.3) is 0 Å². The highest BCUT2D eigenvalue weighted by Gasteiger charge is 2.36. The number of ether oxygens (including phenoxy) is 2. The van der Waals surface area contributed by atoms with Crippen molar-refractivity contribution in [3.63, 3.8) is 0 Å². The molecule has 1 atom stereocenters. The number of carbonyl (C=O) groups excluding carboxylic acids is 3. The van der Waals surface area contributed by atoms with Gasteiger partial charge in [0.1, 0.15) is 10.9 Å². The summed E-state index contributed by atoms with van der Waals surface area (Å²) < 4.78 is 14.8. The van der Waals surface area contributed by atoms with E-state index in [1.807, 2.05) is 0 Å². The van der Waals surface area contributed by atoms with Gasteiger partial charge < -0.3 is 31.2 Å². The van der Waals surface area contributed by atoms with Gasteiger partial charge in [0, 0.05) is 25.0 Å². The molecule has 11 nitrogen and oxygen atoms in total. The van der Waals surface area contributed by atoms with E-state index in [0.29, 0.717) is 22.6 Å². The minimum Gasteiger partial charge on any atom is -0.493 e. The lowest BCUT2D eigenvalue weighted by molar-refractivity contribution is -0.126. The van der Waals surface area contributed by atoms with Crippen LogP contribution in [-0.2, 0) is 11.3 Å². The van der Waals surface area contributed by atoms with Crippen molar-refractivity contribution < 1.29 is 23.9 Å². The van der Waals surface area contributed by atoms with E-state index in [-0.39, 0.29) is 34.8 Å². The fourth-order valence-electron chi connectivity index (χ4n) is 4.57. The number of nitrogens with two attached hydrogens (primary N) is 2. The van der Waals surface area contributed by atoms with Crippen LogP contribution in [-0.4, -0.2) is 52.2 Å². The van der Waals surface area contributed by atoms with E-state index in [2.05, 4.69) is 14.7 Å². The second kappa shape index (κ2) is 11.9. The highest BCUT2D eigenvalue weighted by Crippen LogP contribution is 2.35. The zero-order chi connectivity index (χ0) is 27.2. The Labute approximate surface area is 224 Å². The second-order valence-electron chi connectivity index (χ2n) is 8.94. The molecule has 1 aliphatic carbocycles. The number of nitrogens with one attached hydrogen (secondary N) is 1. The van der Waals surface area contributed by atoms with Crippen molar-refractivity contribution in [2.75, 3.05) is 20.0 Å². The fraction of sp³-hybridized carbons (Fsp3) is 0.346. The molecule has 0 saturated heterocycles. The van der Waals surface area contributed by atoms with Crippen molar-refractivity contribution in [3.8, 4) is 11.5 Å². The minimum absolute atomic E-state index is 0.00965. The summed E-state index contributed by atoms with van der Waals surface area (Å²) in [6.07, 6.45) is 7.02. The molecule has 0 aliphatic heterocycles. The first-order chi connectivity index (χ1) is 18.3. The summed E-state index contributed by atoms with van der Waals surface area (Å²) in [6, 6.07) is 7.56. The zero-order valence-corrected chi connectivity index (χ0v) is 22.0. The van der Waals surface area contributed by atoms with E-state index >= 15 is 0 Å². The molecule has 3 aromatic rings. The number of methoxy groups -OCH3 is 2. The maximum absolute atomic E-state index is 14.0.